The number of ether oxygens (including phenoxy) is 1. The molecule has 0 atom stereocenters. The number of hydrogen-bond donors (Lipinski definition) is 0. The van der Waals surface area contributed by atoms with Gasteiger partial charge in [0.05, 0.1) is 16.7 Å². The Morgan fingerprint density at radius 2 is 1.95 bits per heavy atom. The molecule has 0 unspecified atom stereocenters. The van der Waals surface area contributed by atoms with Crippen LogP contribution in [-0.4, -0.2) is 29.0 Å². The van der Waals surface area contributed by atoms with Crippen LogP contribution in [0.1, 0.15) is 31.2 Å². The third-order valence-corrected chi connectivity index (χ3v) is 3.09. The van der Waals surface area contributed by atoms with Crippen LogP contribution in [-0.2, 0) is 0 Å². The van der Waals surface area contributed by atoms with Crippen molar-refractivity contribution in [1.82, 2.24) is 15.0 Å². The second-order valence-corrected chi connectivity index (χ2v) is 5.59. The van der Waals surface area contributed by atoms with Crippen LogP contribution in [0.4, 0.5) is 5.95 Å². The molecule has 0 radical (unpaired) electrons. The van der Waals surface area contributed by atoms with E-state index in [2.05, 4.69) is 15.0 Å². The minimum atomic E-state index is 0.139. The second-order valence-electron chi connectivity index (χ2n) is 5.18. The van der Waals surface area contributed by atoms with E-state index in [9.17, 15) is 0 Å². The van der Waals surface area contributed by atoms with Crippen LogP contribution < -0.4 is 9.64 Å². The normalized spacial score (nSPS) is 10.4. The Morgan fingerprint density at radius 1 is 1.23 bits per heavy atom. The van der Waals surface area contributed by atoms with Gasteiger partial charge < -0.3 is 9.64 Å². The first kappa shape index (κ1) is 16.0. The maximum Gasteiger partial charge on any atom is 0.327 e. The minimum absolute atomic E-state index is 0.139. The number of nitrogens with zero attached hydrogens (tertiary/aromatic N) is 5. The van der Waals surface area contributed by atoms with E-state index in [0.29, 0.717) is 28.1 Å². The Hall–Kier alpha value is -2.39. The largest absolute Gasteiger partial charge is 0.423 e. The lowest BCUT2D eigenvalue weighted by atomic mass is 10.2. The smallest absolute Gasteiger partial charge is 0.327 e. The van der Waals surface area contributed by atoms with Crippen molar-refractivity contribution in [3.8, 4) is 17.8 Å². The average Bonchev–Trinajstić information content (AvgIpc) is 2.48. The number of nitriles is 1. The standard InChI is InChI=1S/C15H16ClN5O/c1-9(2)13-18-14(21(3)4)20-15(19-13)22-12-6-5-10(8-17)7-11(12)16/h5-7,9H,1-4H3. The fourth-order valence-electron chi connectivity index (χ4n) is 1.62. The molecular formula is C15H16ClN5O. The molecule has 1 aromatic carbocycles. The Bertz CT molecular complexity index is 698. The number of aromatic nitrogens is 3. The number of halogens is 1. The molecule has 0 aliphatic heterocycles. The number of hydrogen-bond acceptors (Lipinski definition) is 6. The minimum Gasteiger partial charge on any atom is -0.423 e. The van der Waals surface area contributed by atoms with Crippen LogP contribution in [0, 0.1) is 11.3 Å². The lowest BCUT2D eigenvalue weighted by Crippen LogP contribution is -2.15. The molecule has 2 rings (SSSR count). The molecule has 0 spiro atoms. The quantitative estimate of drug-likeness (QED) is 0.860. The van der Waals surface area contributed by atoms with Crippen molar-refractivity contribution in [1.29, 1.82) is 5.26 Å². The third kappa shape index (κ3) is 3.62. The molecule has 0 saturated carbocycles. The van der Waals surface area contributed by atoms with Gasteiger partial charge in [0.25, 0.3) is 0 Å². The molecule has 6 nitrogen and oxygen atoms in total. The first-order chi connectivity index (χ1) is 10.4. The maximum absolute atomic E-state index is 8.85. The van der Waals surface area contributed by atoms with Crippen LogP contribution in [0.3, 0.4) is 0 Å². The van der Waals surface area contributed by atoms with Crippen molar-refractivity contribution < 1.29 is 4.74 Å². The van der Waals surface area contributed by atoms with E-state index in [1.165, 1.54) is 6.07 Å². The fourth-order valence-corrected chi connectivity index (χ4v) is 1.84. The van der Waals surface area contributed by atoms with E-state index in [1.54, 1.807) is 17.0 Å². The van der Waals surface area contributed by atoms with E-state index in [1.807, 2.05) is 34.0 Å². The summed E-state index contributed by atoms with van der Waals surface area (Å²) in [4.78, 5) is 14.7. The zero-order valence-corrected chi connectivity index (χ0v) is 13.6. The van der Waals surface area contributed by atoms with Crippen LogP contribution >= 0.6 is 11.6 Å². The fraction of sp³-hybridized carbons (Fsp3) is 0.333. The van der Waals surface area contributed by atoms with E-state index in [4.69, 9.17) is 21.6 Å². The summed E-state index contributed by atoms with van der Waals surface area (Å²) >= 11 is 6.11. The van der Waals surface area contributed by atoms with Crippen molar-refractivity contribution in [2.45, 2.75) is 19.8 Å². The van der Waals surface area contributed by atoms with Gasteiger partial charge in [-0.2, -0.15) is 20.2 Å². The molecule has 0 amide bonds. The van der Waals surface area contributed by atoms with Gasteiger partial charge in [0.2, 0.25) is 5.95 Å². The molecule has 114 valence electrons. The van der Waals surface area contributed by atoms with E-state index < -0.39 is 0 Å². The molecule has 2 aromatic rings. The molecule has 0 aliphatic carbocycles. The van der Waals surface area contributed by atoms with Gasteiger partial charge in [-0.25, -0.2) is 0 Å². The Morgan fingerprint density at radius 3 is 2.50 bits per heavy atom. The molecule has 0 saturated heterocycles. The van der Waals surface area contributed by atoms with Crippen molar-refractivity contribution in [2.75, 3.05) is 19.0 Å². The number of benzene rings is 1. The summed E-state index contributed by atoms with van der Waals surface area (Å²) in [5.41, 5.74) is 0.463. The first-order valence-electron chi connectivity index (χ1n) is 6.71. The third-order valence-electron chi connectivity index (χ3n) is 2.80. The summed E-state index contributed by atoms with van der Waals surface area (Å²) in [5, 5.41) is 9.18. The Labute approximate surface area is 134 Å². The highest BCUT2D eigenvalue weighted by atomic mass is 35.5. The molecule has 22 heavy (non-hydrogen) atoms. The van der Waals surface area contributed by atoms with Crippen LogP contribution in [0.25, 0.3) is 0 Å². The maximum atomic E-state index is 8.85. The molecule has 0 bridgehead atoms. The first-order valence-corrected chi connectivity index (χ1v) is 7.09. The lowest BCUT2D eigenvalue weighted by Gasteiger charge is -2.14. The van der Waals surface area contributed by atoms with Gasteiger partial charge in [0.1, 0.15) is 11.6 Å². The summed E-state index contributed by atoms with van der Waals surface area (Å²) < 4.78 is 5.66. The van der Waals surface area contributed by atoms with Gasteiger partial charge in [0.15, 0.2) is 0 Å². The van der Waals surface area contributed by atoms with Crippen molar-refractivity contribution in [2.24, 2.45) is 0 Å². The highest BCUT2D eigenvalue weighted by Crippen LogP contribution is 2.29. The predicted molar refractivity (Wildman–Crippen MR) is 84.5 cm³/mol. The highest BCUT2D eigenvalue weighted by molar-refractivity contribution is 6.32. The van der Waals surface area contributed by atoms with Gasteiger partial charge in [-0.1, -0.05) is 25.4 Å². The molecular weight excluding hydrogens is 302 g/mol. The average molecular weight is 318 g/mol. The molecule has 0 fully saturated rings. The van der Waals surface area contributed by atoms with Crippen LogP contribution in [0.5, 0.6) is 11.8 Å². The summed E-state index contributed by atoms with van der Waals surface area (Å²) in [6.45, 7) is 3.99. The summed E-state index contributed by atoms with van der Waals surface area (Å²) in [7, 11) is 3.69. The Balaban J connectivity index is 2.38. The van der Waals surface area contributed by atoms with Crippen LogP contribution in [0.15, 0.2) is 18.2 Å². The van der Waals surface area contributed by atoms with Crippen molar-refractivity contribution in [3.63, 3.8) is 0 Å². The number of anilines is 1. The SMILES string of the molecule is CC(C)c1nc(Oc2ccc(C#N)cc2Cl)nc(N(C)C)n1. The number of rotatable bonds is 4. The molecule has 0 N–H and O–H groups in total. The van der Waals surface area contributed by atoms with Gasteiger partial charge in [-0.3, -0.25) is 0 Å². The topological polar surface area (TPSA) is 74.9 Å². The predicted octanol–water partition coefficient (Wildman–Crippen LogP) is 3.38. The van der Waals surface area contributed by atoms with Crippen molar-refractivity contribution in [3.05, 3.63) is 34.6 Å². The van der Waals surface area contributed by atoms with Gasteiger partial charge >= 0.3 is 6.01 Å². The second kappa shape index (κ2) is 6.58. The van der Waals surface area contributed by atoms with E-state index >= 15 is 0 Å². The van der Waals surface area contributed by atoms with Gasteiger partial charge in [0, 0.05) is 20.0 Å². The monoisotopic (exact) mass is 317 g/mol. The van der Waals surface area contributed by atoms with Crippen LogP contribution in [0.2, 0.25) is 5.02 Å². The van der Waals surface area contributed by atoms with E-state index in [-0.39, 0.29) is 11.9 Å². The Kier molecular flexibility index (Phi) is 4.78. The highest BCUT2D eigenvalue weighted by Gasteiger charge is 2.13. The van der Waals surface area contributed by atoms with E-state index in [0.717, 1.165) is 0 Å². The zero-order chi connectivity index (χ0) is 16.3. The van der Waals surface area contributed by atoms with Gasteiger partial charge in [-0.05, 0) is 18.2 Å². The molecule has 1 heterocycles. The molecule has 1 aromatic heterocycles. The summed E-state index contributed by atoms with van der Waals surface area (Å²) in [6.07, 6.45) is 0. The van der Waals surface area contributed by atoms with Gasteiger partial charge in [-0.15, -0.1) is 0 Å². The summed E-state index contributed by atoms with van der Waals surface area (Å²) in [6, 6.07) is 6.97. The zero-order valence-electron chi connectivity index (χ0n) is 12.8. The molecule has 0 aliphatic rings. The summed E-state index contributed by atoms with van der Waals surface area (Å²) in [5.74, 6) is 1.68. The lowest BCUT2D eigenvalue weighted by molar-refractivity contribution is 0.434. The molecule has 7 heteroatoms. The van der Waals surface area contributed by atoms with Crippen molar-refractivity contribution >= 4 is 17.5 Å².